The minimum absolute atomic E-state index is 0.106. The lowest BCUT2D eigenvalue weighted by atomic mass is 9.98. The third kappa shape index (κ3) is 3.62. The van der Waals surface area contributed by atoms with Crippen molar-refractivity contribution in [1.29, 1.82) is 0 Å². The van der Waals surface area contributed by atoms with Gasteiger partial charge in [-0.3, -0.25) is 19.7 Å². The number of hydrogen-bond acceptors (Lipinski definition) is 5. The molecule has 1 fully saturated rings. The topological polar surface area (TPSA) is 114 Å². The second-order valence-corrected chi connectivity index (χ2v) is 4.54. The number of nitro benzene ring substituents is 1. The van der Waals surface area contributed by atoms with Crippen LogP contribution in [0.1, 0.15) is 18.4 Å². The summed E-state index contributed by atoms with van der Waals surface area (Å²) >= 11 is 0. The zero-order chi connectivity index (χ0) is 15.2. The van der Waals surface area contributed by atoms with Crippen LogP contribution in [0.25, 0.3) is 0 Å². The van der Waals surface area contributed by atoms with Crippen LogP contribution in [0.15, 0.2) is 29.4 Å². The lowest BCUT2D eigenvalue weighted by Crippen LogP contribution is -2.43. The van der Waals surface area contributed by atoms with Crippen LogP contribution < -0.4 is 10.7 Å². The highest BCUT2D eigenvalue weighted by Gasteiger charge is 2.28. The minimum atomic E-state index is -0.762. The molecule has 1 atom stereocenters. The highest BCUT2D eigenvalue weighted by molar-refractivity contribution is 6.01. The van der Waals surface area contributed by atoms with Crippen LogP contribution >= 0.6 is 0 Å². The van der Waals surface area contributed by atoms with Gasteiger partial charge in [0.05, 0.1) is 16.7 Å². The fourth-order valence-electron chi connectivity index (χ4n) is 2.03. The Morgan fingerprint density at radius 3 is 2.95 bits per heavy atom. The molecule has 110 valence electrons. The largest absolute Gasteiger partial charge is 0.355 e. The van der Waals surface area contributed by atoms with E-state index in [0.717, 1.165) is 6.42 Å². The maximum Gasteiger partial charge on any atom is 0.278 e. The van der Waals surface area contributed by atoms with E-state index in [9.17, 15) is 19.7 Å². The maximum absolute atomic E-state index is 11.8. The van der Waals surface area contributed by atoms with Crippen molar-refractivity contribution in [1.82, 2.24) is 10.7 Å². The average Bonchev–Trinajstić information content (AvgIpc) is 2.48. The SMILES string of the molecule is O=C1NCCC[C@@H]1C(=O)N/N=C\c1ccccc1[N+](=O)[O-]. The fourth-order valence-corrected chi connectivity index (χ4v) is 2.03. The number of carbonyl (C=O) groups excluding carboxylic acids is 2. The van der Waals surface area contributed by atoms with Crippen LogP contribution in [0.3, 0.4) is 0 Å². The van der Waals surface area contributed by atoms with E-state index in [1.54, 1.807) is 12.1 Å². The number of carbonyl (C=O) groups is 2. The van der Waals surface area contributed by atoms with Crippen molar-refractivity contribution in [3.8, 4) is 0 Å². The lowest BCUT2D eigenvalue weighted by molar-refractivity contribution is -0.385. The van der Waals surface area contributed by atoms with Crippen molar-refractivity contribution in [2.75, 3.05) is 6.54 Å². The van der Waals surface area contributed by atoms with Crippen LogP contribution in [0.5, 0.6) is 0 Å². The summed E-state index contributed by atoms with van der Waals surface area (Å²) in [5, 5.41) is 17.1. The lowest BCUT2D eigenvalue weighted by Gasteiger charge is -2.19. The number of nitro groups is 1. The molecular formula is C13H14N4O4. The van der Waals surface area contributed by atoms with Gasteiger partial charge in [-0.1, -0.05) is 12.1 Å². The van der Waals surface area contributed by atoms with Crippen molar-refractivity contribution in [3.05, 3.63) is 39.9 Å². The molecule has 1 aliphatic rings. The Labute approximate surface area is 120 Å². The molecule has 8 heteroatoms. The third-order valence-corrected chi connectivity index (χ3v) is 3.11. The van der Waals surface area contributed by atoms with Gasteiger partial charge in [0, 0.05) is 12.6 Å². The van der Waals surface area contributed by atoms with E-state index >= 15 is 0 Å². The van der Waals surface area contributed by atoms with E-state index < -0.39 is 16.7 Å². The van der Waals surface area contributed by atoms with Gasteiger partial charge in [-0.25, -0.2) is 5.43 Å². The molecule has 1 aliphatic heterocycles. The van der Waals surface area contributed by atoms with Gasteiger partial charge in [0.1, 0.15) is 5.92 Å². The van der Waals surface area contributed by atoms with Gasteiger partial charge < -0.3 is 5.32 Å². The molecule has 1 aromatic carbocycles. The first kappa shape index (κ1) is 14.6. The predicted octanol–water partition coefficient (Wildman–Crippen LogP) is 0.571. The van der Waals surface area contributed by atoms with Gasteiger partial charge in [0.25, 0.3) is 11.6 Å². The Hall–Kier alpha value is -2.77. The van der Waals surface area contributed by atoms with E-state index in [2.05, 4.69) is 15.8 Å². The number of benzene rings is 1. The molecule has 0 unspecified atom stereocenters. The van der Waals surface area contributed by atoms with E-state index in [1.165, 1.54) is 18.3 Å². The molecule has 1 aromatic rings. The zero-order valence-corrected chi connectivity index (χ0v) is 11.1. The van der Waals surface area contributed by atoms with Crippen LogP contribution in [-0.4, -0.2) is 29.5 Å². The molecule has 0 bridgehead atoms. The van der Waals surface area contributed by atoms with Crippen LogP contribution in [-0.2, 0) is 9.59 Å². The molecule has 21 heavy (non-hydrogen) atoms. The summed E-state index contributed by atoms with van der Waals surface area (Å²) in [6.45, 7) is 0.572. The number of hydrogen-bond donors (Lipinski definition) is 2. The van der Waals surface area contributed by atoms with Gasteiger partial charge in [-0.2, -0.15) is 5.10 Å². The van der Waals surface area contributed by atoms with Gasteiger partial charge in [0.15, 0.2) is 0 Å². The highest BCUT2D eigenvalue weighted by Crippen LogP contribution is 2.15. The van der Waals surface area contributed by atoms with E-state index in [-0.39, 0.29) is 17.2 Å². The Morgan fingerprint density at radius 2 is 2.24 bits per heavy atom. The molecule has 8 nitrogen and oxygen atoms in total. The monoisotopic (exact) mass is 290 g/mol. The van der Waals surface area contributed by atoms with E-state index in [0.29, 0.717) is 13.0 Å². The molecule has 2 rings (SSSR count). The van der Waals surface area contributed by atoms with Gasteiger partial charge in [-0.05, 0) is 18.9 Å². The van der Waals surface area contributed by atoms with Crippen molar-refractivity contribution >= 4 is 23.7 Å². The zero-order valence-electron chi connectivity index (χ0n) is 11.1. The van der Waals surface area contributed by atoms with Gasteiger partial charge >= 0.3 is 0 Å². The van der Waals surface area contributed by atoms with Gasteiger partial charge in [-0.15, -0.1) is 0 Å². The number of hydrazone groups is 1. The summed E-state index contributed by atoms with van der Waals surface area (Å²) in [6, 6.07) is 6.03. The normalized spacial score (nSPS) is 18.3. The Kier molecular flexibility index (Phi) is 4.60. The molecule has 0 spiro atoms. The summed E-state index contributed by atoms with van der Waals surface area (Å²) in [4.78, 5) is 33.6. The summed E-state index contributed by atoms with van der Waals surface area (Å²) < 4.78 is 0. The summed E-state index contributed by atoms with van der Waals surface area (Å²) in [5.41, 5.74) is 2.41. The molecule has 1 heterocycles. The Bertz CT molecular complexity index is 600. The van der Waals surface area contributed by atoms with Crippen LogP contribution in [0.4, 0.5) is 5.69 Å². The second-order valence-electron chi connectivity index (χ2n) is 4.54. The fraction of sp³-hybridized carbons (Fsp3) is 0.308. The highest BCUT2D eigenvalue weighted by atomic mass is 16.6. The number of para-hydroxylation sites is 1. The maximum atomic E-state index is 11.8. The van der Waals surface area contributed by atoms with Crippen molar-refractivity contribution < 1.29 is 14.5 Å². The van der Waals surface area contributed by atoms with E-state index in [1.807, 2.05) is 0 Å². The van der Waals surface area contributed by atoms with Crippen LogP contribution in [0.2, 0.25) is 0 Å². The summed E-state index contributed by atoms with van der Waals surface area (Å²) in [7, 11) is 0. The Morgan fingerprint density at radius 1 is 1.48 bits per heavy atom. The first-order valence-electron chi connectivity index (χ1n) is 6.43. The molecule has 0 saturated carbocycles. The van der Waals surface area contributed by atoms with Crippen LogP contribution in [0, 0.1) is 16.0 Å². The molecule has 2 amide bonds. The molecule has 1 saturated heterocycles. The number of amides is 2. The first-order chi connectivity index (χ1) is 10.1. The van der Waals surface area contributed by atoms with E-state index in [4.69, 9.17) is 0 Å². The quantitative estimate of drug-likeness (QED) is 0.365. The number of nitrogens with one attached hydrogen (secondary N) is 2. The molecule has 0 aromatic heterocycles. The number of nitrogens with zero attached hydrogens (tertiary/aromatic N) is 2. The first-order valence-corrected chi connectivity index (χ1v) is 6.43. The summed E-state index contributed by atoms with van der Waals surface area (Å²) in [5.74, 6) is -1.59. The molecule has 2 N–H and O–H groups in total. The molecule has 0 aliphatic carbocycles. The Balaban J connectivity index is 2.01. The third-order valence-electron chi connectivity index (χ3n) is 3.11. The standard InChI is InChI=1S/C13H14N4O4/c18-12-10(5-3-7-14-12)13(19)16-15-8-9-4-1-2-6-11(9)17(20)21/h1-2,4,6,8,10H,3,5,7H2,(H,14,18)(H,16,19)/b15-8-/t10-/m0/s1. The minimum Gasteiger partial charge on any atom is -0.355 e. The average molecular weight is 290 g/mol. The smallest absolute Gasteiger partial charge is 0.278 e. The second kappa shape index (κ2) is 6.60. The number of rotatable bonds is 4. The van der Waals surface area contributed by atoms with Crippen molar-refractivity contribution in [3.63, 3.8) is 0 Å². The number of piperidine rings is 1. The van der Waals surface area contributed by atoms with Gasteiger partial charge in [0.2, 0.25) is 5.91 Å². The predicted molar refractivity (Wildman–Crippen MR) is 74.6 cm³/mol. The summed E-state index contributed by atoms with van der Waals surface area (Å²) in [6.07, 6.45) is 2.40. The van der Waals surface area contributed by atoms with Crippen molar-refractivity contribution in [2.45, 2.75) is 12.8 Å². The molecular weight excluding hydrogens is 276 g/mol. The van der Waals surface area contributed by atoms with Crippen molar-refractivity contribution in [2.24, 2.45) is 11.0 Å². The molecule has 0 radical (unpaired) electrons.